The van der Waals surface area contributed by atoms with Crippen molar-refractivity contribution in [1.82, 2.24) is 10.2 Å². The van der Waals surface area contributed by atoms with Crippen LogP contribution in [0.5, 0.6) is 0 Å². The molecule has 1 aromatic rings. The Morgan fingerprint density at radius 2 is 2.13 bits per heavy atom. The summed E-state index contributed by atoms with van der Waals surface area (Å²) in [6.07, 6.45) is -1.16. The van der Waals surface area contributed by atoms with Gasteiger partial charge in [0.05, 0.1) is 13.2 Å². The number of piperidine rings is 1. The molecule has 1 aromatic carbocycles. The van der Waals surface area contributed by atoms with Crippen LogP contribution in [0.25, 0.3) is 0 Å². The van der Waals surface area contributed by atoms with E-state index in [-0.39, 0.29) is 44.6 Å². The van der Waals surface area contributed by atoms with Crippen molar-refractivity contribution in [2.45, 2.75) is 38.6 Å². The van der Waals surface area contributed by atoms with Gasteiger partial charge in [-0.3, -0.25) is 19.7 Å². The van der Waals surface area contributed by atoms with Crippen LogP contribution in [-0.4, -0.2) is 60.9 Å². The van der Waals surface area contributed by atoms with E-state index in [9.17, 15) is 19.2 Å². The summed E-state index contributed by atoms with van der Waals surface area (Å²) >= 11 is 0. The smallest absolute Gasteiger partial charge is 0.406 e. The van der Waals surface area contributed by atoms with Crippen molar-refractivity contribution >= 4 is 23.8 Å². The van der Waals surface area contributed by atoms with E-state index >= 15 is 0 Å². The highest BCUT2D eigenvalue weighted by molar-refractivity contribution is 6.05. The summed E-state index contributed by atoms with van der Waals surface area (Å²) < 4.78 is 15.2. The lowest BCUT2D eigenvalue weighted by Gasteiger charge is -2.29. The monoisotopic (exact) mass is 429 g/mol. The summed E-state index contributed by atoms with van der Waals surface area (Å²) in [6.45, 7) is 2.39. The third-order valence-corrected chi connectivity index (χ3v) is 4.84. The van der Waals surface area contributed by atoms with Crippen LogP contribution in [0.1, 0.15) is 41.3 Å². The van der Waals surface area contributed by atoms with E-state index in [0.717, 1.165) is 5.56 Å². The summed E-state index contributed by atoms with van der Waals surface area (Å²) in [7, 11) is 0. The fourth-order valence-electron chi connectivity index (χ4n) is 3.43. The zero-order chi connectivity index (χ0) is 22.4. The van der Waals surface area contributed by atoms with E-state index in [2.05, 4.69) is 21.9 Å². The molecule has 0 saturated carbocycles. The largest absolute Gasteiger partial charge is 0.420 e. The maximum Gasteiger partial charge on any atom is 0.406 e. The van der Waals surface area contributed by atoms with Crippen LogP contribution in [0.3, 0.4) is 0 Å². The first-order valence-corrected chi connectivity index (χ1v) is 9.77. The minimum Gasteiger partial charge on any atom is -0.420 e. The van der Waals surface area contributed by atoms with E-state index in [4.69, 9.17) is 15.2 Å². The molecule has 1 fully saturated rings. The zero-order valence-corrected chi connectivity index (χ0v) is 17.0. The van der Waals surface area contributed by atoms with Crippen LogP contribution in [0.2, 0.25) is 0 Å². The molecular formula is C21H23N3O7. The minimum atomic E-state index is -0.913. The number of carbonyl (C=O) groups is 4. The third-order valence-electron chi connectivity index (χ3n) is 4.84. The average molecular weight is 429 g/mol. The maximum atomic E-state index is 12.8. The molecule has 2 unspecified atom stereocenters. The summed E-state index contributed by atoms with van der Waals surface area (Å²) in [5.74, 6) is 4.87. The quantitative estimate of drug-likeness (QED) is 0.275. The van der Waals surface area contributed by atoms with Crippen LogP contribution < -0.4 is 11.1 Å². The van der Waals surface area contributed by atoms with Crippen LogP contribution in [0.4, 0.5) is 4.79 Å². The number of nitrogens with zero attached hydrogens (tertiary/aromatic N) is 1. The SMILES string of the molecule is CC(OCCOCC#Cc1cccc2c1CN(C1CCC(=O)NC1=O)C2=O)OC(N)=O. The first kappa shape index (κ1) is 22.3. The van der Waals surface area contributed by atoms with Crippen molar-refractivity contribution < 1.29 is 33.4 Å². The Kier molecular flexibility index (Phi) is 7.23. The van der Waals surface area contributed by atoms with Gasteiger partial charge in [-0.2, -0.15) is 0 Å². The lowest BCUT2D eigenvalue weighted by atomic mass is 10.0. The first-order valence-electron chi connectivity index (χ1n) is 9.77. The minimum absolute atomic E-state index is 0.142. The molecule has 3 rings (SSSR count). The fourth-order valence-corrected chi connectivity index (χ4v) is 3.43. The summed E-state index contributed by atoms with van der Waals surface area (Å²) in [5, 5.41) is 2.29. The molecule has 3 N–H and O–H groups in total. The molecule has 10 heteroatoms. The Balaban J connectivity index is 1.54. The lowest BCUT2D eigenvalue weighted by molar-refractivity contribution is -0.136. The van der Waals surface area contributed by atoms with Gasteiger partial charge in [0.15, 0.2) is 0 Å². The molecule has 0 radical (unpaired) electrons. The number of hydrogen-bond donors (Lipinski definition) is 2. The Hall–Kier alpha value is -3.42. The van der Waals surface area contributed by atoms with Gasteiger partial charge >= 0.3 is 6.09 Å². The second-order valence-electron chi connectivity index (χ2n) is 6.96. The molecule has 4 amide bonds. The number of rotatable bonds is 7. The number of ether oxygens (including phenoxy) is 3. The molecule has 2 atom stereocenters. The predicted octanol–water partition coefficient (Wildman–Crippen LogP) is 0.274. The van der Waals surface area contributed by atoms with Crippen LogP contribution in [0, 0.1) is 11.8 Å². The molecule has 0 aliphatic carbocycles. The molecule has 2 aliphatic heterocycles. The van der Waals surface area contributed by atoms with E-state index < -0.39 is 24.3 Å². The van der Waals surface area contributed by atoms with Crippen molar-refractivity contribution in [3.63, 3.8) is 0 Å². The molecule has 2 heterocycles. The first-order chi connectivity index (χ1) is 14.9. The Bertz CT molecular complexity index is 950. The molecule has 2 aliphatic rings. The Morgan fingerprint density at radius 3 is 2.87 bits per heavy atom. The van der Waals surface area contributed by atoms with Gasteiger partial charge in [-0.25, -0.2) is 4.79 Å². The number of benzene rings is 1. The number of carbonyl (C=O) groups excluding carboxylic acids is 4. The van der Waals surface area contributed by atoms with E-state index in [1.165, 1.54) is 4.90 Å². The second-order valence-corrected chi connectivity index (χ2v) is 6.96. The topological polar surface area (TPSA) is 137 Å². The van der Waals surface area contributed by atoms with Crippen LogP contribution in [0.15, 0.2) is 18.2 Å². The lowest BCUT2D eigenvalue weighted by Crippen LogP contribution is -2.52. The summed E-state index contributed by atoms with van der Waals surface area (Å²) in [6, 6.07) is 4.59. The highest BCUT2D eigenvalue weighted by atomic mass is 16.7. The standard InChI is InChI=1S/C21H23N3O7/c1-13(31-21(22)28)30-11-10-29-9-3-5-14-4-2-6-15-16(14)12-24(20(15)27)17-7-8-18(25)23-19(17)26/h2,4,6,13,17H,7-12H2,1H3,(H2,22,28)(H,23,25,26). The van der Waals surface area contributed by atoms with E-state index in [1.54, 1.807) is 25.1 Å². The van der Waals surface area contributed by atoms with Crippen molar-refractivity contribution in [1.29, 1.82) is 0 Å². The van der Waals surface area contributed by atoms with Gasteiger partial charge in [-0.05, 0) is 31.0 Å². The number of imide groups is 1. The zero-order valence-electron chi connectivity index (χ0n) is 17.0. The van der Waals surface area contributed by atoms with Gasteiger partial charge in [0.2, 0.25) is 18.1 Å². The fraction of sp³-hybridized carbons (Fsp3) is 0.429. The maximum absolute atomic E-state index is 12.8. The van der Waals surface area contributed by atoms with Gasteiger partial charge in [-0.15, -0.1) is 0 Å². The number of primary amides is 1. The average Bonchev–Trinajstić information content (AvgIpc) is 3.04. The Labute approximate surface area is 179 Å². The predicted molar refractivity (Wildman–Crippen MR) is 106 cm³/mol. The molecule has 10 nitrogen and oxygen atoms in total. The van der Waals surface area contributed by atoms with Crippen molar-refractivity contribution in [3.05, 3.63) is 34.9 Å². The highest BCUT2D eigenvalue weighted by Gasteiger charge is 2.39. The normalized spacial score (nSPS) is 18.7. The second kappa shape index (κ2) is 10.1. The third kappa shape index (κ3) is 5.59. The molecule has 1 saturated heterocycles. The van der Waals surface area contributed by atoms with Gasteiger partial charge < -0.3 is 24.8 Å². The number of amides is 4. The van der Waals surface area contributed by atoms with E-state index in [0.29, 0.717) is 17.5 Å². The van der Waals surface area contributed by atoms with Crippen LogP contribution >= 0.6 is 0 Å². The molecular weight excluding hydrogens is 406 g/mol. The molecule has 0 spiro atoms. The van der Waals surface area contributed by atoms with Gasteiger partial charge in [0.1, 0.15) is 12.6 Å². The highest BCUT2D eigenvalue weighted by Crippen LogP contribution is 2.29. The van der Waals surface area contributed by atoms with Gasteiger partial charge in [0.25, 0.3) is 5.91 Å². The molecule has 0 bridgehead atoms. The Morgan fingerprint density at radius 1 is 1.32 bits per heavy atom. The molecule has 164 valence electrons. The molecule has 0 aromatic heterocycles. The van der Waals surface area contributed by atoms with Crippen molar-refractivity contribution in [3.8, 4) is 11.8 Å². The number of fused-ring (bicyclic) bond motifs is 1. The number of nitrogens with one attached hydrogen (secondary N) is 1. The summed E-state index contributed by atoms with van der Waals surface area (Å²) in [4.78, 5) is 48.4. The summed E-state index contributed by atoms with van der Waals surface area (Å²) in [5.41, 5.74) is 6.83. The van der Waals surface area contributed by atoms with Gasteiger partial charge in [0, 0.05) is 24.1 Å². The number of hydrogen-bond acceptors (Lipinski definition) is 7. The van der Waals surface area contributed by atoms with Crippen molar-refractivity contribution in [2.24, 2.45) is 5.73 Å². The van der Waals surface area contributed by atoms with Crippen molar-refractivity contribution in [2.75, 3.05) is 19.8 Å². The number of nitrogens with two attached hydrogens (primary N) is 1. The van der Waals surface area contributed by atoms with E-state index in [1.807, 2.05) is 0 Å². The van der Waals surface area contributed by atoms with Crippen LogP contribution in [-0.2, 0) is 30.3 Å². The molecule has 31 heavy (non-hydrogen) atoms. The van der Waals surface area contributed by atoms with Gasteiger partial charge in [-0.1, -0.05) is 17.9 Å².